The van der Waals surface area contributed by atoms with Gasteiger partial charge in [-0.3, -0.25) is 4.90 Å². The van der Waals surface area contributed by atoms with E-state index in [-0.39, 0.29) is 18.7 Å². The van der Waals surface area contributed by atoms with Gasteiger partial charge in [-0.1, -0.05) is 6.07 Å². The number of ether oxygens (including phenoxy) is 2. The maximum absolute atomic E-state index is 15.0. The van der Waals surface area contributed by atoms with Gasteiger partial charge in [0.25, 0.3) is 0 Å². The van der Waals surface area contributed by atoms with Gasteiger partial charge in [0.1, 0.15) is 17.4 Å². The number of benzene rings is 1. The molecule has 2 aliphatic rings. The zero-order chi connectivity index (χ0) is 25.2. The first kappa shape index (κ1) is 24.3. The highest BCUT2D eigenvalue weighted by atomic mass is 19.1. The number of aromatic nitrogens is 3. The summed E-state index contributed by atoms with van der Waals surface area (Å²) in [5.41, 5.74) is 10.9. The quantitative estimate of drug-likeness (QED) is 0.331. The highest BCUT2D eigenvalue weighted by Crippen LogP contribution is 2.36. The van der Waals surface area contributed by atoms with Crippen molar-refractivity contribution >= 4 is 22.8 Å². The molecule has 5 rings (SSSR count). The second kappa shape index (κ2) is 10.3. The van der Waals surface area contributed by atoms with E-state index < -0.39 is 6.17 Å². The number of fused-ring (bicyclic) bond motifs is 1. The predicted octanol–water partition coefficient (Wildman–Crippen LogP) is 3.08. The lowest BCUT2D eigenvalue weighted by atomic mass is 10.0. The van der Waals surface area contributed by atoms with Crippen molar-refractivity contribution in [1.29, 1.82) is 5.53 Å². The lowest BCUT2D eigenvalue weighted by molar-refractivity contribution is -0.0794. The molecule has 3 atom stereocenters. The van der Waals surface area contributed by atoms with Gasteiger partial charge in [0.2, 0.25) is 11.8 Å². The number of likely N-dealkylation sites (tertiary alicyclic amines) is 1. The highest BCUT2D eigenvalue weighted by molar-refractivity contribution is 5.87. The minimum atomic E-state index is -1.04. The van der Waals surface area contributed by atoms with Gasteiger partial charge in [-0.05, 0) is 37.1 Å². The number of alkyl halides is 1. The molecule has 2 saturated heterocycles. The molecular formula is C24H31FN8O3. The normalized spacial score (nSPS) is 21.7. The summed E-state index contributed by atoms with van der Waals surface area (Å²) in [6.45, 7) is 4.30. The number of hydrogen-bond acceptors (Lipinski definition) is 10. The Kier molecular flexibility index (Phi) is 6.99. The van der Waals surface area contributed by atoms with Crippen molar-refractivity contribution in [3.8, 4) is 17.0 Å². The van der Waals surface area contributed by atoms with Crippen LogP contribution >= 0.6 is 0 Å². The number of hydrogen-bond donors (Lipinski definition) is 4. The maximum atomic E-state index is 15.0. The number of aliphatic hydroxyl groups excluding tert-OH is 1. The van der Waals surface area contributed by atoms with E-state index in [4.69, 9.17) is 15.0 Å². The van der Waals surface area contributed by atoms with Gasteiger partial charge in [0.05, 0.1) is 44.7 Å². The lowest BCUT2D eigenvalue weighted by Gasteiger charge is -2.42. The summed E-state index contributed by atoms with van der Waals surface area (Å²) < 4.78 is 27.5. The van der Waals surface area contributed by atoms with Gasteiger partial charge in [-0.15, -0.1) is 5.10 Å². The van der Waals surface area contributed by atoms with Crippen LogP contribution in [0, 0.1) is 5.53 Å². The first-order valence-electron chi connectivity index (χ1n) is 12.1. The van der Waals surface area contributed by atoms with Gasteiger partial charge in [-0.2, -0.15) is 10.1 Å². The van der Waals surface area contributed by atoms with E-state index in [1.54, 1.807) is 16.8 Å². The molecule has 2 fully saturated rings. The molecule has 3 aromatic rings. The van der Waals surface area contributed by atoms with E-state index in [2.05, 4.69) is 30.7 Å². The second-order valence-electron chi connectivity index (χ2n) is 9.28. The molecule has 4 heterocycles. The SMILES string of the molecule is COc1nc(N[C@H]2CCN(C3COC3)C[C@H]2F)nn2ccc(-c3ccc(N=N)c(N[C@@H](C)CO)c3)c12. The number of methoxy groups -OCH3 is 1. The average molecular weight is 499 g/mol. The fraction of sp³-hybridized carbons (Fsp3) is 0.500. The average Bonchev–Trinajstić information content (AvgIpc) is 3.28. The van der Waals surface area contributed by atoms with Crippen molar-refractivity contribution < 1.29 is 19.0 Å². The summed E-state index contributed by atoms with van der Waals surface area (Å²) in [6.07, 6.45) is 1.41. The molecule has 0 unspecified atom stereocenters. The van der Waals surface area contributed by atoms with E-state index in [1.807, 2.05) is 25.1 Å². The Balaban J connectivity index is 1.40. The van der Waals surface area contributed by atoms with E-state index in [0.29, 0.717) is 60.9 Å². The highest BCUT2D eigenvalue weighted by Gasteiger charge is 2.35. The number of aliphatic hydroxyl groups is 1. The molecule has 12 heteroatoms. The largest absolute Gasteiger partial charge is 0.479 e. The third-order valence-corrected chi connectivity index (χ3v) is 6.80. The van der Waals surface area contributed by atoms with Gasteiger partial charge < -0.3 is 25.2 Å². The molecular weight excluding hydrogens is 467 g/mol. The Hall–Kier alpha value is -3.35. The maximum Gasteiger partial charge on any atom is 0.244 e. The summed E-state index contributed by atoms with van der Waals surface area (Å²) >= 11 is 0. The Morgan fingerprint density at radius 1 is 1.36 bits per heavy atom. The van der Waals surface area contributed by atoms with Crippen molar-refractivity contribution in [1.82, 2.24) is 19.5 Å². The molecule has 11 nitrogen and oxygen atoms in total. The molecule has 2 aromatic heterocycles. The molecule has 2 aliphatic heterocycles. The Bertz CT molecular complexity index is 1230. The fourth-order valence-corrected chi connectivity index (χ4v) is 4.68. The standard InChI is InChI=1S/C24H31FN8O3/c1-14(11-34)27-21-9-15(3-4-20(21)30-26)17-5-8-33-22(17)23(35-2)29-24(31-33)28-19-6-7-32(10-18(19)25)16-12-36-13-16/h3-5,8-9,14,16,18-19,26-27,34H,6-7,10-13H2,1-2H3,(H,28,31)/t14-,18+,19-/m0/s1. The molecule has 4 N–H and O–H groups in total. The molecule has 0 amide bonds. The Labute approximate surface area is 208 Å². The number of anilines is 2. The van der Waals surface area contributed by atoms with Crippen LogP contribution in [0.4, 0.5) is 21.7 Å². The van der Waals surface area contributed by atoms with Crippen molar-refractivity contribution in [3.05, 3.63) is 30.5 Å². The molecule has 0 spiro atoms. The zero-order valence-electron chi connectivity index (χ0n) is 20.3. The smallest absolute Gasteiger partial charge is 0.244 e. The first-order valence-corrected chi connectivity index (χ1v) is 12.1. The summed E-state index contributed by atoms with van der Waals surface area (Å²) in [7, 11) is 1.54. The first-order chi connectivity index (χ1) is 17.5. The lowest BCUT2D eigenvalue weighted by Crippen LogP contribution is -2.57. The second-order valence-corrected chi connectivity index (χ2v) is 9.28. The fourth-order valence-electron chi connectivity index (χ4n) is 4.68. The summed E-state index contributed by atoms with van der Waals surface area (Å²) in [5.74, 6) is 0.663. The summed E-state index contributed by atoms with van der Waals surface area (Å²) in [4.78, 5) is 6.69. The molecule has 0 bridgehead atoms. The molecule has 192 valence electrons. The van der Waals surface area contributed by atoms with Crippen LogP contribution in [0.2, 0.25) is 0 Å². The zero-order valence-corrected chi connectivity index (χ0v) is 20.3. The van der Waals surface area contributed by atoms with Crippen LogP contribution in [0.5, 0.6) is 5.88 Å². The number of rotatable bonds is 9. The van der Waals surface area contributed by atoms with E-state index >= 15 is 0 Å². The van der Waals surface area contributed by atoms with Crippen LogP contribution < -0.4 is 15.4 Å². The minimum Gasteiger partial charge on any atom is -0.479 e. The number of nitrogens with zero attached hydrogens (tertiary/aromatic N) is 5. The van der Waals surface area contributed by atoms with Crippen LogP contribution in [0.25, 0.3) is 16.6 Å². The topological polar surface area (TPSA) is 132 Å². The van der Waals surface area contributed by atoms with Crippen LogP contribution in [-0.2, 0) is 4.74 Å². The van der Waals surface area contributed by atoms with Crippen LogP contribution in [0.1, 0.15) is 13.3 Å². The van der Waals surface area contributed by atoms with Crippen molar-refractivity contribution in [3.63, 3.8) is 0 Å². The molecule has 36 heavy (non-hydrogen) atoms. The molecule has 0 saturated carbocycles. The minimum absolute atomic E-state index is 0.0535. The number of nitrogens with one attached hydrogen (secondary N) is 3. The third-order valence-electron chi connectivity index (χ3n) is 6.80. The van der Waals surface area contributed by atoms with E-state index in [9.17, 15) is 9.50 Å². The van der Waals surface area contributed by atoms with Gasteiger partial charge in [0.15, 0.2) is 0 Å². The Morgan fingerprint density at radius 3 is 2.86 bits per heavy atom. The summed E-state index contributed by atoms with van der Waals surface area (Å²) in [5, 5.41) is 23.9. The Morgan fingerprint density at radius 2 is 2.19 bits per heavy atom. The molecule has 1 aromatic carbocycles. The van der Waals surface area contributed by atoms with Crippen LogP contribution in [0.15, 0.2) is 35.6 Å². The van der Waals surface area contributed by atoms with Crippen LogP contribution in [0.3, 0.4) is 0 Å². The molecule has 0 aliphatic carbocycles. The van der Waals surface area contributed by atoms with Crippen molar-refractivity contribution in [2.45, 2.75) is 37.6 Å². The predicted molar refractivity (Wildman–Crippen MR) is 133 cm³/mol. The third kappa shape index (κ3) is 4.71. The monoisotopic (exact) mass is 498 g/mol. The van der Waals surface area contributed by atoms with Gasteiger partial charge in [-0.25, -0.2) is 14.4 Å². The number of piperidine rings is 1. The number of halogens is 1. The van der Waals surface area contributed by atoms with Gasteiger partial charge in [0, 0.05) is 30.9 Å². The molecule has 0 radical (unpaired) electrons. The van der Waals surface area contributed by atoms with Crippen molar-refractivity contribution in [2.75, 3.05) is 50.7 Å². The van der Waals surface area contributed by atoms with Gasteiger partial charge >= 0.3 is 0 Å². The van der Waals surface area contributed by atoms with Crippen LogP contribution in [-0.4, -0.2) is 88.9 Å². The van der Waals surface area contributed by atoms with Crippen molar-refractivity contribution in [2.24, 2.45) is 5.11 Å². The van der Waals surface area contributed by atoms with E-state index in [1.165, 1.54) is 7.11 Å². The summed E-state index contributed by atoms with van der Waals surface area (Å²) in [6, 6.07) is 7.10. The van der Waals surface area contributed by atoms with E-state index in [0.717, 1.165) is 17.7 Å².